The van der Waals surface area contributed by atoms with Crippen molar-refractivity contribution >= 4 is 35.1 Å². The zero-order valence-corrected chi connectivity index (χ0v) is 33.5. The molecular formula is C41H67N7O6. The molecule has 54 heavy (non-hydrogen) atoms. The van der Waals surface area contributed by atoms with Crippen LogP contribution < -0.4 is 16.0 Å². The summed E-state index contributed by atoms with van der Waals surface area (Å²) in [7, 11) is 0. The second-order valence-electron chi connectivity index (χ2n) is 14.9. The summed E-state index contributed by atoms with van der Waals surface area (Å²) in [6, 6.07) is -2.46. The highest BCUT2D eigenvalue weighted by Gasteiger charge is 2.30. The van der Waals surface area contributed by atoms with Gasteiger partial charge in [-0.1, -0.05) is 97.8 Å². The van der Waals surface area contributed by atoms with Gasteiger partial charge in [-0.05, 0) is 20.3 Å². The predicted molar refractivity (Wildman–Crippen MR) is 209 cm³/mol. The average molecular weight is 754 g/mol. The summed E-state index contributed by atoms with van der Waals surface area (Å²) >= 11 is 0. The topological polar surface area (TPSA) is 196 Å². The van der Waals surface area contributed by atoms with Crippen LogP contribution in [0.25, 0.3) is 0 Å². The molecule has 2 heterocycles. The number of amides is 3. The number of aromatic nitrogens is 4. The van der Waals surface area contributed by atoms with Crippen LogP contribution >= 0.6 is 0 Å². The van der Waals surface area contributed by atoms with E-state index in [0.717, 1.165) is 19.3 Å². The van der Waals surface area contributed by atoms with Gasteiger partial charge >= 0.3 is 0 Å². The largest absolute Gasteiger partial charge is 0.348 e. The molecule has 0 spiro atoms. The lowest BCUT2D eigenvalue weighted by Crippen LogP contribution is -2.46. The number of nitrogens with zero attached hydrogens (tertiary/aromatic N) is 2. The van der Waals surface area contributed by atoms with Crippen molar-refractivity contribution in [3.05, 3.63) is 36.4 Å². The first-order chi connectivity index (χ1) is 25.9. The van der Waals surface area contributed by atoms with Crippen LogP contribution in [0.5, 0.6) is 0 Å². The second-order valence-corrected chi connectivity index (χ2v) is 14.9. The summed E-state index contributed by atoms with van der Waals surface area (Å²) in [5.74, 6) is -3.49. The lowest BCUT2D eigenvalue weighted by Gasteiger charge is -2.22. The molecule has 0 aromatic carbocycles. The van der Waals surface area contributed by atoms with E-state index in [2.05, 4.69) is 42.8 Å². The number of imidazole rings is 2. The van der Waals surface area contributed by atoms with Crippen molar-refractivity contribution in [2.75, 3.05) is 0 Å². The Hall–Kier alpha value is -4.16. The molecule has 0 radical (unpaired) electrons. The zero-order chi connectivity index (χ0) is 39.7. The summed E-state index contributed by atoms with van der Waals surface area (Å²) in [5, 5.41) is 8.29. The highest BCUT2D eigenvalue weighted by molar-refractivity contribution is 5.96. The first kappa shape index (κ1) is 46.0. The standard InChI is InChI=1S/C41H67N7O6/c1-6-8-9-10-11-12-13-14-15-16-17-18-19-20-39(52)48-35(24-34-26-43-28-45-34)38(51)21-29(3)40(53)46-31(5)37(50)23-32(22-33-25-42-27-44-33)41(54)47-30(4)36(49)7-2/h25-32,35H,6-24H2,1-5H3,(H,42,44)(H,43,45)(H,46,53)(H,47,54)(H,48,52)/t29-,30+,31+,32-,35+/m1/s1. The lowest BCUT2D eigenvalue weighted by atomic mass is 9.92. The number of carbonyl (C=O) groups excluding carboxylic acids is 6. The molecule has 0 unspecified atom stereocenters. The minimum Gasteiger partial charge on any atom is -0.348 e. The number of unbranched alkanes of at least 4 members (excludes halogenated alkanes) is 12. The summed E-state index contributed by atoms with van der Waals surface area (Å²) in [6.45, 7) is 8.71. The van der Waals surface area contributed by atoms with E-state index < -0.39 is 41.8 Å². The molecular weight excluding hydrogens is 686 g/mol. The number of hydrogen-bond donors (Lipinski definition) is 5. The fraction of sp³-hybridized carbons (Fsp3) is 0.707. The fourth-order valence-electron chi connectivity index (χ4n) is 6.46. The Balaban J connectivity index is 1.84. The van der Waals surface area contributed by atoms with Crippen LogP contribution in [0.2, 0.25) is 0 Å². The molecule has 2 rings (SSSR count). The summed E-state index contributed by atoms with van der Waals surface area (Å²) in [4.78, 5) is 92.0. The molecule has 0 aliphatic heterocycles. The molecule has 13 heteroatoms. The van der Waals surface area contributed by atoms with Gasteiger partial charge in [0.05, 0.1) is 36.7 Å². The van der Waals surface area contributed by atoms with E-state index in [9.17, 15) is 28.8 Å². The molecule has 0 fully saturated rings. The molecule has 0 aliphatic rings. The quantitative estimate of drug-likeness (QED) is 0.0575. The Labute approximate surface area is 322 Å². The van der Waals surface area contributed by atoms with Crippen molar-refractivity contribution in [1.29, 1.82) is 0 Å². The lowest BCUT2D eigenvalue weighted by molar-refractivity contribution is -0.134. The molecule has 5 atom stereocenters. The fourth-order valence-corrected chi connectivity index (χ4v) is 6.46. The van der Waals surface area contributed by atoms with E-state index in [0.29, 0.717) is 17.8 Å². The molecule has 0 aliphatic carbocycles. The van der Waals surface area contributed by atoms with Crippen LogP contribution in [0, 0.1) is 11.8 Å². The van der Waals surface area contributed by atoms with Gasteiger partial charge in [-0.2, -0.15) is 0 Å². The monoisotopic (exact) mass is 754 g/mol. The number of nitrogens with one attached hydrogen (secondary N) is 5. The molecule has 0 saturated carbocycles. The van der Waals surface area contributed by atoms with Gasteiger partial charge in [0.1, 0.15) is 0 Å². The second kappa shape index (κ2) is 26.6. The maximum absolute atomic E-state index is 13.5. The predicted octanol–water partition coefficient (Wildman–Crippen LogP) is 6.04. The number of carbonyl (C=O) groups is 6. The number of ketones is 3. The van der Waals surface area contributed by atoms with Gasteiger partial charge in [0.15, 0.2) is 17.3 Å². The maximum atomic E-state index is 13.5. The van der Waals surface area contributed by atoms with Gasteiger partial charge in [0.25, 0.3) is 0 Å². The van der Waals surface area contributed by atoms with Gasteiger partial charge in [0.2, 0.25) is 17.7 Å². The van der Waals surface area contributed by atoms with Crippen LogP contribution in [-0.4, -0.2) is 73.1 Å². The molecule has 0 bridgehead atoms. The highest BCUT2D eigenvalue weighted by Crippen LogP contribution is 2.16. The van der Waals surface area contributed by atoms with E-state index in [1.165, 1.54) is 76.9 Å². The van der Waals surface area contributed by atoms with E-state index >= 15 is 0 Å². The van der Waals surface area contributed by atoms with Gasteiger partial charge < -0.3 is 25.9 Å². The third kappa shape index (κ3) is 18.7. The molecule has 5 N–H and O–H groups in total. The van der Waals surface area contributed by atoms with Crippen LogP contribution in [0.15, 0.2) is 25.0 Å². The number of aromatic amines is 2. The summed E-state index contributed by atoms with van der Waals surface area (Å²) < 4.78 is 0. The Bertz CT molecular complexity index is 1390. The van der Waals surface area contributed by atoms with Gasteiger partial charge in [0, 0.05) is 68.2 Å². The molecule has 3 amide bonds. The van der Waals surface area contributed by atoms with Gasteiger partial charge in [-0.3, -0.25) is 28.8 Å². The van der Waals surface area contributed by atoms with Crippen LogP contribution in [-0.2, 0) is 41.6 Å². The molecule has 302 valence electrons. The first-order valence-electron chi connectivity index (χ1n) is 20.4. The van der Waals surface area contributed by atoms with Crippen molar-refractivity contribution < 1.29 is 28.8 Å². The molecule has 0 saturated heterocycles. The maximum Gasteiger partial charge on any atom is 0.224 e. The van der Waals surface area contributed by atoms with Crippen molar-refractivity contribution in [2.24, 2.45) is 11.8 Å². The molecule has 2 aromatic heterocycles. The molecule has 2 aromatic rings. The van der Waals surface area contributed by atoms with Crippen LogP contribution in [0.4, 0.5) is 0 Å². The smallest absolute Gasteiger partial charge is 0.224 e. The molecule has 13 nitrogen and oxygen atoms in total. The highest BCUT2D eigenvalue weighted by atomic mass is 16.2. The first-order valence-corrected chi connectivity index (χ1v) is 20.4. The number of H-pyrrole nitrogens is 2. The Kier molecular flexibility index (Phi) is 22.6. The third-order valence-electron chi connectivity index (χ3n) is 10.0. The Morgan fingerprint density at radius 2 is 1.09 bits per heavy atom. The van der Waals surface area contributed by atoms with E-state index in [-0.39, 0.29) is 55.4 Å². The van der Waals surface area contributed by atoms with Crippen LogP contribution in [0.3, 0.4) is 0 Å². The van der Waals surface area contributed by atoms with Crippen molar-refractivity contribution in [3.8, 4) is 0 Å². The van der Waals surface area contributed by atoms with Gasteiger partial charge in [-0.25, -0.2) is 9.97 Å². The number of Topliss-reactive ketones (excluding diaryl/α,β-unsaturated/α-hetero) is 3. The van der Waals surface area contributed by atoms with Crippen molar-refractivity contribution in [2.45, 2.75) is 175 Å². The number of hydrogen-bond acceptors (Lipinski definition) is 8. The summed E-state index contributed by atoms with van der Waals surface area (Å²) in [5.41, 5.74) is 1.34. The van der Waals surface area contributed by atoms with E-state index in [1.807, 2.05) is 0 Å². The van der Waals surface area contributed by atoms with Crippen LogP contribution in [0.1, 0.15) is 155 Å². The van der Waals surface area contributed by atoms with E-state index in [1.54, 1.807) is 40.1 Å². The average Bonchev–Trinajstić information content (AvgIpc) is 3.87. The van der Waals surface area contributed by atoms with Gasteiger partial charge in [-0.15, -0.1) is 0 Å². The zero-order valence-electron chi connectivity index (χ0n) is 33.5. The minimum atomic E-state index is -0.928. The van der Waals surface area contributed by atoms with E-state index in [4.69, 9.17) is 0 Å². The summed E-state index contributed by atoms with van der Waals surface area (Å²) in [6.07, 6.45) is 22.6. The number of rotatable bonds is 31. The minimum absolute atomic E-state index is 0.125. The SMILES string of the molecule is CCCCCCCCCCCCCCCC(=O)N[C@@H](Cc1cnc[nH]1)C(=O)C[C@@H](C)C(=O)N[C@@H](C)C(=O)C[C@@H](Cc1cnc[nH]1)C(=O)N[C@@H](C)C(=O)CC. The Morgan fingerprint density at radius 3 is 1.61 bits per heavy atom. The third-order valence-corrected chi connectivity index (χ3v) is 10.0. The normalized spacial score (nSPS) is 14.0. The Morgan fingerprint density at radius 1 is 0.593 bits per heavy atom. The van der Waals surface area contributed by atoms with Crippen molar-refractivity contribution in [1.82, 2.24) is 35.9 Å². The van der Waals surface area contributed by atoms with Crippen molar-refractivity contribution in [3.63, 3.8) is 0 Å².